The quantitative estimate of drug-likeness (QED) is 0.404. The molecule has 0 bridgehead atoms. The summed E-state index contributed by atoms with van der Waals surface area (Å²) in [5, 5.41) is 6.27. The summed E-state index contributed by atoms with van der Waals surface area (Å²) in [6.07, 6.45) is 2.10. The smallest absolute Gasteiger partial charge is 0.228 e. The van der Waals surface area contributed by atoms with Gasteiger partial charge in [-0.05, 0) is 36.2 Å². The van der Waals surface area contributed by atoms with Crippen molar-refractivity contribution in [2.45, 2.75) is 34.1 Å². The number of benzene rings is 2. The van der Waals surface area contributed by atoms with Crippen molar-refractivity contribution in [2.24, 2.45) is 0 Å². The van der Waals surface area contributed by atoms with E-state index >= 15 is 0 Å². The molecule has 4 aromatic rings. The number of rotatable bonds is 5. The fraction of sp³-hybridized carbons (Fsp3) is 0.200. The molecule has 7 heteroatoms. The maximum atomic E-state index is 12.5. The van der Waals surface area contributed by atoms with E-state index in [9.17, 15) is 9.59 Å². The number of thiazole rings is 1. The number of pyridine rings is 1. The van der Waals surface area contributed by atoms with Crippen molar-refractivity contribution in [2.75, 3.05) is 10.6 Å². The molecule has 0 saturated carbocycles. The average molecular weight is 447 g/mol. The highest BCUT2D eigenvalue weighted by Gasteiger charge is 2.11. The lowest BCUT2D eigenvalue weighted by Crippen LogP contribution is -2.15. The predicted octanol–water partition coefficient (Wildman–Crippen LogP) is 5.83. The van der Waals surface area contributed by atoms with Gasteiger partial charge >= 0.3 is 0 Å². The standard InChI is InChI=1S/C23H20N4O2S.C2H6/c1-14-20(26-22(29)10-16-6-4-3-5-7-16)11-18(13-24-14)17-8-9-19-21(12-17)30-23(27-19)25-15(2)28;1-2/h3-9,11-13H,10H2,1-2H3,(H,26,29)(H,25,27,28);1-2H3. The van der Waals surface area contributed by atoms with Crippen molar-refractivity contribution < 1.29 is 9.59 Å². The molecule has 2 heterocycles. The maximum absolute atomic E-state index is 12.5. The first kappa shape index (κ1) is 23.1. The molecule has 0 unspecified atom stereocenters. The topological polar surface area (TPSA) is 84.0 Å². The zero-order chi connectivity index (χ0) is 23.1. The highest BCUT2D eigenvalue weighted by molar-refractivity contribution is 7.22. The van der Waals surface area contributed by atoms with Crippen LogP contribution >= 0.6 is 11.3 Å². The van der Waals surface area contributed by atoms with Gasteiger partial charge in [0.05, 0.1) is 28.0 Å². The summed E-state index contributed by atoms with van der Waals surface area (Å²) in [6, 6.07) is 17.5. The first-order valence-electron chi connectivity index (χ1n) is 10.5. The van der Waals surface area contributed by atoms with Gasteiger partial charge in [-0.1, -0.05) is 61.6 Å². The number of nitrogens with zero attached hydrogens (tertiary/aromatic N) is 2. The largest absolute Gasteiger partial charge is 0.324 e. The van der Waals surface area contributed by atoms with Crippen LogP contribution in [0.1, 0.15) is 32.0 Å². The van der Waals surface area contributed by atoms with Crippen molar-refractivity contribution in [1.29, 1.82) is 0 Å². The summed E-state index contributed by atoms with van der Waals surface area (Å²) in [5.41, 5.74) is 5.09. The van der Waals surface area contributed by atoms with Gasteiger partial charge in [-0.25, -0.2) is 4.98 Å². The normalized spacial score (nSPS) is 10.2. The Bertz CT molecular complexity index is 1240. The molecule has 2 aromatic heterocycles. The molecule has 2 aromatic carbocycles. The van der Waals surface area contributed by atoms with Crippen LogP contribution in [0.2, 0.25) is 0 Å². The van der Waals surface area contributed by atoms with Crippen molar-refractivity contribution in [3.63, 3.8) is 0 Å². The number of carbonyl (C=O) groups is 2. The molecular formula is C25H26N4O2S. The second kappa shape index (κ2) is 10.6. The molecule has 6 nitrogen and oxygen atoms in total. The number of nitrogens with one attached hydrogen (secondary N) is 2. The minimum atomic E-state index is -0.145. The maximum Gasteiger partial charge on any atom is 0.228 e. The third-order valence-corrected chi connectivity index (χ3v) is 5.51. The van der Waals surface area contributed by atoms with Crippen molar-refractivity contribution in [3.8, 4) is 11.1 Å². The molecule has 0 saturated heterocycles. The number of aryl methyl sites for hydroxylation is 1. The lowest BCUT2D eigenvalue weighted by molar-refractivity contribution is -0.116. The van der Waals surface area contributed by atoms with E-state index in [4.69, 9.17) is 0 Å². The third-order valence-electron chi connectivity index (χ3n) is 4.57. The minimum Gasteiger partial charge on any atom is -0.324 e. The van der Waals surface area contributed by atoms with Crippen LogP contribution < -0.4 is 10.6 Å². The second-order valence-corrected chi connectivity index (χ2v) is 7.98. The fourth-order valence-electron chi connectivity index (χ4n) is 3.10. The van der Waals surface area contributed by atoms with Crippen molar-refractivity contribution >= 4 is 44.2 Å². The first-order chi connectivity index (χ1) is 15.5. The Morgan fingerprint density at radius 3 is 2.44 bits per heavy atom. The highest BCUT2D eigenvalue weighted by Crippen LogP contribution is 2.31. The molecule has 0 spiro atoms. The van der Waals surface area contributed by atoms with Gasteiger partial charge in [0.25, 0.3) is 0 Å². The van der Waals surface area contributed by atoms with Crippen LogP contribution in [0.15, 0.2) is 60.8 Å². The first-order valence-corrected chi connectivity index (χ1v) is 11.3. The zero-order valence-electron chi connectivity index (χ0n) is 18.6. The molecule has 2 amide bonds. The number of hydrogen-bond donors (Lipinski definition) is 2. The molecule has 0 aliphatic carbocycles. The van der Waals surface area contributed by atoms with Crippen LogP contribution in [0.4, 0.5) is 10.8 Å². The Labute approximate surface area is 191 Å². The Morgan fingerprint density at radius 2 is 1.72 bits per heavy atom. The van der Waals surface area contributed by atoms with Crippen LogP contribution in [0, 0.1) is 6.92 Å². The van der Waals surface area contributed by atoms with Gasteiger partial charge in [0.15, 0.2) is 5.13 Å². The molecule has 32 heavy (non-hydrogen) atoms. The van der Waals surface area contributed by atoms with Gasteiger partial charge in [0.1, 0.15) is 0 Å². The summed E-state index contributed by atoms with van der Waals surface area (Å²) in [7, 11) is 0. The van der Waals surface area contributed by atoms with E-state index in [0.29, 0.717) is 17.2 Å². The molecule has 0 atom stereocenters. The molecule has 0 fully saturated rings. The Balaban J connectivity index is 0.00000141. The SMILES string of the molecule is CC.CC(=O)Nc1nc2ccc(-c3cnc(C)c(NC(=O)Cc4ccccc4)c3)cc2s1. The lowest BCUT2D eigenvalue weighted by Gasteiger charge is -2.10. The molecule has 4 rings (SSSR count). The van der Waals surface area contributed by atoms with E-state index in [-0.39, 0.29) is 11.8 Å². The molecule has 0 aliphatic rings. The van der Waals surface area contributed by atoms with Gasteiger partial charge < -0.3 is 10.6 Å². The van der Waals surface area contributed by atoms with Gasteiger partial charge in [-0.3, -0.25) is 14.6 Å². The Hall–Kier alpha value is -3.58. The van der Waals surface area contributed by atoms with E-state index in [1.165, 1.54) is 18.3 Å². The summed E-state index contributed by atoms with van der Waals surface area (Å²) < 4.78 is 0.964. The number of aromatic nitrogens is 2. The van der Waals surface area contributed by atoms with Crippen LogP contribution in [0.3, 0.4) is 0 Å². The summed E-state index contributed by atoms with van der Waals surface area (Å²) in [5.74, 6) is -0.228. The fourth-order valence-corrected chi connectivity index (χ4v) is 4.05. The Kier molecular flexibility index (Phi) is 7.68. The number of carbonyl (C=O) groups excluding carboxylic acids is 2. The van der Waals surface area contributed by atoms with Crippen molar-refractivity contribution in [1.82, 2.24) is 9.97 Å². The van der Waals surface area contributed by atoms with Crippen LogP contribution in [-0.2, 0) is 16.0 Å². The lowest BCUT2D eigenvalue weighted by atomic mass is 10.1. The van der Waals surface area contributed by atoms with E-state index in [1.54, 1.807) is 6.20 Å². The molecular weight excluding hydrogens is 420 g/mol. The molecule has 164 valence electrons. The number of hydrogen-bond acceptors (Lipinski definition) is 5. The summed E-state index contributed by atoms with van der Waals surface area (Å²) in [4.78, 5) is 32.6. The minimum absolute atomic E-state index is 0.0823. The Morgan fingerprint density at radius 1 is 0.969 bits per heavy atom. The zero-order valence-corrected chi connectivity index (χ0v) is 19.4. The second-order valence-electron chi connectivity index (χ2n) is 6.95. The monoisotopic (exact) mass is 446 g/mol. The van der Waals surface area contributed by atoms with Crippen molar-refractivity contribution in [3.05, 3.63) is 72.1 Å². The molecule has 0 radical (unpaired) electrons. The summed E-state index contributed by atoms with van der Waals surface area (Å²) >= 11 is 1.42. The predicted molar refractivity (Wildman–Crippen MR) is 132 cm³/mol. The molecule has 2 N–H and O–H groups in total. The average Bonchev–Trinajstić information content (AvgIpc) is 3.18. The number of anilines is 2. The third kappa shape index (κ3) is 5.76. The van der Waals surface area contributed by atoms with E-state index in [1.807, 2.05) is 75.4 Å². The number of amides is 2. The van der Waals surface area contributed by atoms with E-state index in [0.717, 1.165) is 32.6 Å². The summed E-state index contributed by atoms with van der Waals surface area (Å²) in [6.45, 7) is 7.33. The van der Waals surface area contributed by atoms with Crippen LogP contribution in [-0.4, -0.2) is 21.8 Å². The van der Waals surface area contributed by atoms with E-state index in [2.05, 4.69) is 20.6 Å². The van der Waals surface area contributed by atoms with Gasteiger partial charge in [-0.15, -0.1) is 0 Å². The number of fused-ring (bicyclic) bond motifs is 1. The highest BCUT2D eigenvalue weighted by atomic mass is 32.1. The van der Waals surface area contributed by atoms with Gasteiger partial charge in [0.2, 0.25) is 11.8 Å². The van der Waals surface area contributed by atoms with Crippen LogP contribution in [0.5, 0.6) is 0 Å². The van der Waals surface area contributed by atoms with E-state index < -0.39 is 0 Å². The van der Waals surface area contributed by atoms with Gasteiger partial charge in [-0.2, -0.15) is 0 Å². The molecule has 0 aliphatic heterocycles. The van der Waals surface area contributed by atoms with Crippen LogP contribution in [0.25, 0.3) is 21.3 Å². The van der Waals surface area contributed by atoms with Gasteiger partial charge in [0, 0.05) is 18.7 Å².